The first-order chi connectivity index (χ1) is 15.5. The number of halogens is 2. The van der Waals surface area contributed by atoms with Gasteiger partial charge in [0.1, 0.15) is 0 Å². The summed E-state index contributed by atoms with van der Waals surface area (Å²) >= 11 is 7.53. The standard InChI is InChI=1S/C23H26Br2O7/c1-6-7-30-23(29-5)21(25)20(14-10-16-17(11-15(14)24)32-12-31-16)13-8-18(26-2)22(28-4)19(9-13)27-3/h6,8-11,20-21,23H,1,7,12H2,2-5H3/t20-,21-,23?/m1/s1. The Balaban J connectivity index is 2.18. The summed E-state index contributed by atoms with van der Waals surface area (Å²) in [6.45, 7) is 4.24. The number of hydrogen-bond donors (Lipinski definition) is 0. The molecule has 32 heavy (non-hydrogen) atoms. The Kier molecular flexibility index (Phi) is 8.70. The average molecular weight is 574 g/mol. The number of rotatable bonds is 11. The van der Waals surface area contributed by atoms with Gasteiger partial charge in [0.05, 0.1) is 32.8 Å². The minimum atomic E-state index is -0.575. The third kappa shape index (κ3) is 5.01. The van der Waals surface area contributed by atoms with Gasteiger partial charge in [0.2, 0.25) is 12.5 Å². The van der Waals surface area contributed by atoms with Crippen LogP contribution in [-0.2, 0) is 9.47 Å². The number of hydrogen-bond acceptors (Lipinski definition) is 7. The maximum Gasteiger partial charge on any atom is 0.231 e. The van der Waals surface area contributed by atoms with E-state index in [1.807, 2.05) is 24.3 Å². The summed E-state index contributed by atoms with van der Waals surface area (Å²) in [7, 11) is 6.35. The molecule has 0 fully saturated rings. The van der Waals surface area contributed by atoms with Gasteiger partial charge in [-0.25, -0.2) is 0 Å². The van der Waals surface area contributed by atoms with Crippen LogP contribution in [0.3, 0.4) is 0 Å². The predicted molar refractivity (Wildman–Crippen MR) is 128 cm³/mol. The molecule has 1 unspecified atom stereocenters. The van der Waals surface area contributed by atoms with Crippen LogP contribution in [-0.4, -0.2) is 53.0 Å². The lowest BCUT2D eigenvalue weighted by Crippen LogP contribution is -2.32. The molecule has 7 nitrogen and oxygen atoms in total. The van der Waals surface area contributed by atoms with Crippen LogP contribution in [0.5, 0.6) is 28.7 Å². The van der Waals surface area contributed by atoms with Crippen molar-refractivity contribution in [1.82, 2.24) is 0 Å². The highest BCUT2D eigenvalue weighted by molar-refractivity contribution is 9.10. The Hall–Kier alpha value is -1.94. The Morgan fingerprint density at radius 3 is 2.16 bits per heavy atom. The van der Waals surface area contributed by atoms with Crippen molar-refractivity contribution in [3.05, 3.63) is 52.5 Å². The predicted octanol–water partition coefficient (Wildman–Crippen LogP) is 5.27. The molecule has 1 aliphatic rings. The van der Waals surface area contributed by atoms with E-state index >= 15 is 0 Å². The Morgan fingerprint density at radius 1 is 1.00 bits per heavy atom. The fourth-order valence-corrected chi connectivity index (χ4v) is 5.12. The second-order valence-electron chi connectivity index (χ2n) is 6.83. The molecule has 174 valence electrons. The van der Waals surface area contributed by atoms with Crippen LogP contribution in [0.15, 0.2) is 41.4 Å². The van der Waals surface area contributed by atoms with E-state index in [1.165, 1.54) is 0 Å². The lowest BCUT2D eigenvalue weighted by atomic mass is 9.87. The summed E-state index contributed by atoms with van der Waals surface area (Å²) in [5, 5.41) is 0. The molecule has 0 amide bonds. The summed E-state index contributed by atoms with van der Waals surface area (Å²) in [5.74, 6) is 2.69. The fourth-order valence-electron chi connectivity index (χ4n) is 3.60. The summed E-state index contributed by atoms with van der Waals surface area (Å²) < 4.78 is 40.2. The van der Waals surface area contributed by atoms with Gasteiger partial charge in [-0.05, 0) is 35.4 Å². The highest BCUT2D eigenvalue weighted by Crippen LogP contribution is 2.48. The SMILES string of the molecule is C=CCOC(OC)[C@H](Br)[C@H](c1cc(OC)c(OC)c(OC)c1)c1cc2c(cc1Br)OCO2. The van der Waals surface area contributed by atoms with Crippen molar-refractivity contribution in [2.45, 2.75) is 17.0 Å². The first kappa shape index (κ1) is 24.7. The van der Waals surface area contributed by atoms with Gasteiger partial charge >= 0.3 is 0 Å². The number of methoxy groups -OCH3 is 4. The van der Waals surface area contributed by atoms with Crippen LogP contribution in [0, 0.1) is 0 Å². The van der Waals surface area contributed by atoms with E-state index in [2.05, 4.69) is 38.4 Å². The van der Waals surface area contributed by atoms with E-state index in [1.54, 1.807) is 34.5 Å². The Morgan fingerprint density at radius 2 is 1.62 bits per heavy atom. The minimum absolute atomic E-state index is 0.182. The molecule has 1 heterocycles. The van der Waals surface area contributed by atoms with Gasteiger partial charge in [0.15, 0.2) is 29.3 Å². The van der Waals surface area contributed by atoms with Gasteiger partial charge in [0.25, 0.3) is 0 Å². The molecule has 1 aliphatic heterocycles. The molecule has 0 bridgehead atoms. The summed E-state index contributed by atoms with van der Waals surface area (Å²) in [5.41, 5.74) is 1.83. The molecular weight excluding hydrogens is 548 g/mol. The second kappa shape index (κ2) is 11.3. The molecule has 0 aliphatic carbocycles. The quantitative estimate of drug-likeness (QED) is 0.206. The summed E-state index contributed by atoms with van der Waals surface area (Å²) in [6, 6.07) is 7.68. The zero-order valence-corrected chi connectivity index (χ0v) is 21.5. The van der Waals surface area contributed by atoms with Gasteiger partial charge in [-0.1, -0.05) is 37.9 Å². The summed E-state index contributed by atoms with van der Waals surface area (Å²) in [6.07, 6.45) is 1.10. The molecule has 0 N–H and O–H groups in total. The van der Waals surface area contributed by atoms with E-state index in [9.17, 15) is 0 Å². The van der Waals surface area contributed by atoms with Gasteiger partial charge in [0, 0.05) is 17.5 Å². The molecule has 3 rings (SSSR count). The fraction of sp³-hybridized carbons (Fsp3) is 0.391. The average Bonchev–Trinajstić information content (AvgIpc) is 3.26. The summed E-state index contributed by atoms with van der Waals surface area (Å²) in [4.78, 5) is -0.299. The van der Waals surface area contributed by atoms with E-state index in [0.717, 1.165) is 15.6 Å². The molecule has 2 aromatic carbocycles. The van der Waals surface area contributed by atoms with E-state index in [-0.39, 0.29) is 17.5 Å². The van der Waals surface area contributed by atoms with Gasteiger partial charge < -0.3 is 33.2 Å². The van der Waals surface area contributed by atoms with Gasteiger partial charge in [-0.15, -0.1) is 6.58 Å². The zero-order valence-electron chi connectivity index (χ0n) is 18.4. The van der Waals surface area contributed by atoms with Crippen LogP contribution < -0.4 is 23.7 Å². The topological polar surface area (TPSA) is 64.6 Å². The van der Waals surface area contributed by atoms with E-state index in [4.69, 9.17) is 33.2 Å². The first-order valence-electron chi connectivity index (χ1n) is 9.77. The molecule has 0 spiro atoms. The third-order valence-electron chi connectivity index (χ3n) is 5.06. The molecule has 0 saturated heterocycles. The Labute approximate surface area is 204 Å². The number of benzene rings is 2. The van der Waals surface area contributed by atoms with Crippen molar-refractivity contribution < 1.29 is 33.2 Å². The number of alkyl halides is 1. The van der Waals surface area contributed by atoms with Crippen molar-refractivity contribution in [2.24, 2.45) is 0 Å². The van der Waals surface area contributed by atoms with Crippen molar-refractivity contribution in [1.29, 1.82) is 0 Å². The normalized spacial score (nSPS) is 15.1. The Bertz CT molecular complexity index is 925. The molecule has 0 saturated carbocycles. The zero-order chi connectivity index (χ0) is 23.3. The first-order valence-corrected chi connectivity index (χ1v) is 11.5. The molecule has 3 atom stereocenters. The van der Waals surface area contributed by atoms with Crippen molar-refractivity contribution in [3.63, 3.8) is 0 Å². The van der Waals surface area contributed by atoms with Gasteiger partial charge in [-0.2, -0.15) is 0 Å². The lowest BCUT2D eigenvalue weighted by Gasteiger charge is -2.30. The molecule has 2 aromatic rings. The maximum atomic E-state index is 5.87. The lowest BCUT2D eigenvalue weighted by molar-refractivity contribution is -0.115. The van der Waals surface area contributed by atoms with Crippen LogP contribution in [0.4, 0.5) is 0 Å². The monoisotopic (exact) mass is 572 g/mol. The van der Waals surface area contributed by atoms with Crippen molar-refractivity contribution in [2.75, 3.05) is 41.8 Å². The molecule has 9 heteroatoms. The minimum Gasteiger partial charge on any atom is -0.493 e. The van der Waals surface area contributed by atoms with Crippen molar-refractivity contribution >= 4 is 31.9 Å². The molecular formula is C23H26Br2O7. The smallest absolute Gasteiger partial charge is 0.231 e. The van der Waals surface area contributed by atoms with Crippen LogP contribution in [0.25, 0.3) is 0 Å². The number of ether oxygens (including phenoxy) is 7. The maximum absolute atomic E-state index is 5.87. The largest absolute Gasteiger partial charge is 0.493 e. The highest BCUT2D eigenvalue weighted by Gasteiger charge is 2.35. The van der Waals surface area contributed by atoms with Crippen LogP contribution in [0.1, 0.15) is 17.0 Å². The van der Waals surface area contributed by atoms with E-state index in [0.29, 0.717) is 35.4 Å². The van der Waals surface area contributed by atoms with Gasteiger partial charge in [-0.3, -0.25) is 0 Å². The van der Waals surface area contributed by atoms with Crippen LogP contribution in [0.2, 0.25) is 0 Å². The highest BCUT2D eigenvalue weighted by atomic mass is 79.9. The van der Waals surface area contributed by atoms with E-state index < -0.39 is 6.29 Å². The molecule has 0 radical (unpaired) electrons. The second-order valence-corrected chi connectivity index (χ2v) is 8.75. The molecule has 0 aromatic heterocycles. The van der Waals surface area contributed by atoms with Crippen LogP contribution >= 0.6 is 31.9 Å². The number of fused-ring (bicyclic) bond motifs is 1. The van der Waals surface area contributed by atoms with Crippen molar-refractivity contribution in [3.8, 4) is 28.7 Å². The third-order valence-corrected chi connectivity index (χ3v) is 6.71.